The van der Waals surface area contributed by atoms with Crippen molar-refractivity contribution in [2.45, 2.75) is 219 Å². The summed E-state index contributed by atoms with van der Waals surface area (Å²) in [6.07, 6.45) is 63.0. The largest absolute Gasteiger partial charge is 0.462 e. The topological polar surface area (TPSA) is 61.8 Å². The minimum atomic E-state index is -0.553. The third kappa shape index (κ3) is 45.8. The number of ether oxygens (including phenoxy) is 3. The van der Waals surface area contributed by atoms with Crippen LogP contribution in [-0.2, 0) is 23.8 Å². The lowest BCUT2D eigenvalue weighted by Crippen LogP contribution is -2.30. The molecule has 0 aliphatic rings. The first-order valence-corrected chi connectivity index (χ1v) is 24.1. The fourth-order valence-electron chi connectivity index (χ4n) is 6.40. The summed E-state index contributed by atoms with van der Waals surface area (Å²) in [6.45, 7) is 7.52. The zero-order valence-corrected chi connectivity index (χ0v) is 38.0. The Hall–Kier alpha value is -2.92. The van der Waals surface area contributed by atoms with E-state index in [4.69, 9.17) is 14.2 Å². The lowest BCUT2D eigenvalue weighted by Gasteiger charge is -2.18. The van der Waals surface area contributed by atoms with Crippen molar-refractivity contribution in [3.63, 3.8) is 0 Å². The van der Waals surface area contributed by atoms with E-state index in [-0.39, 0.29) is 25.2 Å². The van der Waals surface area contributed by atoms with E-state index in [1.54, 1.807) is 0 Å². The van der Waals surface area contributed by atoms with Gasteiger partial charge in [0.2, 0.25) is 0 Å². The third-order valence-electron chi connectivity index (χ3n) is 9.93. The minimum Gasteiger partial charge on any atom is -0.462 e. The second-order valence-corrected chi connectivity index (χ2v) is 15.6. The molecule has 5 nitrogen and oxygen atoms in total. The van der Waals surface area contributed by atoms with Crippen molar-refractivity contribution >= 4 is 11.9 Å². The van der Waals surface area contributed by atoms with Crippen LogP contribution in [0.2, 0.25) is 0 Å². The summed E-state index contributed by atoms with van der Waals surface area (Å²) >= 11 is 0. The first-order chi connectivity index (χ1) is 28.6. The van der Waals surface area contributed by atoms with Gasteiger partial charge >= 0.3 is 11.9 Å². The molecule has 0 rings (SSSR count). The van der Waals surface area contributed by atoms with Crippen LogP contribution >= 0.6 is 0 Å². The van der Waals surface area contributed by atoms with Gasteiger partial charge in [0.25, 0.3) is 0 Å². The molecule has 0 aliphatic carbocycles. The predicted molar refractivity (Wildman–Crippen MR) is 251 cm³/mol. The minimum absolute atomic E-state index is 0.0661. The Morgan fingerprint density at radius 1 is 0.397 bits per heavy atom. The van der Waals surface area contributed by atoms with Gasteiger partial charge in [-0.25, -0.2) is 0 Å². The maximum atomic E-state index is 12.7. The molecule has 0 radical (unpaired) electrons. The van der Waals surface area contributed by atoms with Crippen LogP contribution in [0.15, 0.2) is 85.1 Å². The summed E-state index contributed by atoms with van der Waals surface area (Å²) in [5.74, 6) is -0.432. The summed E-state index contributed by atoms with van der Waals surface area (Å²) in [5.41, 5.74) is 0. The van der Waals surface area contributed by atoms with E-state index in [9.17, 15) is 9.59 Å². The van der Waals surface area contributed by atoms with Gasteiger partial charge in [0.15, 0.2) is 6.10 Å². The van der Waals surface area contributed by atoms with Crippen molar-refractivity contribution in [2.75, 3.05) is 19.8 Å². The van der Waals surface area contributed by atoms with Gasteiger partial charge < -0.3 is 14.2 Å². The number of rotatable bonds is 43. The molecule has 0 aliphatic heterocycles. The Balaban J connectivity index is 4.28. The van der Waals surface area contributed by atoms with Crippen molar-refractivity contribution in [3.8, 4) is 0 Å². The van der Waals surface area contributed by atoms with E-state index < -0.39 is 6.10 Å². The monoisotopic (exact) mass is 807 g/mol. The molecular weight excluding hydrogens is 717 g/mol. The van der Waals surface area contributed by atoms with Crippen molar-refractivity contribution in [3.05, 3.63) is 85.1 Å². The summed E-state index contributed by atoms with van der Waals surface area (Å²) in [5, 5.41) is 0. The maximum Gasteiger partial charge on any atom is 0.306 e. The van der Waals surface area contributed by atoms with Crippen molar-refractivity contribution in [2.24, 2.45) is 0 Å². The molecule has 0 aromatic heterocycles. The fourth-order valence-corrected chi connectivity index (χ4v) is 6.40. The molecule has 58 heavy (non-hydrogen) atoms. The smallest absolute Gasteiger partial charge is 0.306 e. The Labute approximate surface area is 359 Å². The molecule has 332 valence electrons. The number of carbonyl (C=O) groups excluding carboxylic acids is 2. The van der Waals surface area contributed by atoms with Gasteiger partial charge in [0.1, 0.15) is 6.61 Å². The first kappa shape index (κ1) is 55.1. The molecule has 1 atom stereocenters. The SMILES string of the molecule is CC/C=C\C/C=C\C/C=C\C/C=C\CCCCCCCOCC(COC(=O)CCCCCCC/C=C\C/C=C\C/C=C\CC)OC(=O)CCCCCCCCCCC. The van der Waals surface area contributed by atoms with E-state index in [1.807, 2.05) is 0 Å². The number of carbonyl (C=O) groups is 2. The van der Waals surface area contributed by atoms with Crippen LogP contribution in [-0.4, -0.2) is 37.9 Å². The first-order valence-electron chi connectivity index (χ1n) is 24.1. The standard InChI is InChI=1S/C53H90O5/c1-4-7-10-13-16-19-21-23-25-26-27-29-31-33-36-39-42-45-48-56-49-51(58-53(55)47-44-41-38-34-18-15-12-9-6-3)50-57-52(54)46-43-40-37-35-32-30-28-24-22-20-17-14-11-8-5-2/h7-8,10-11,16-17,19-20,23-25,27-29,51H,4-6,9,12-15,18,21-22,26,30-50H2,1-3H3/b10-7-,11-8-,19-16-,20-17-,25-23-,28-24-,29-27-. The van der Waals surface area contributed by atoms with Gasteiger partial charge in [-0.2, -0.15) is 0 Å². The van der Waals surface area contributed by atoms with Crippen LogP contribution in [0, 0.1) is 0 Å². The van der Waals surface area contributed by atoms with E-state index in [2.05, 4.69) is 106 Å². The molecule has 0 N–H and O–H groups in total. The lowest BCUT2D eigenvalue weighted by molar-refractivity contribution is -0.163. The van der Waals surface area contributed by atoms with Crippen LogP contribution in [0.5, 0.6) is 0 Å². The third-order valence-corrected chi connectivity index (χ3v) is 9.93. The predicted octanol–water partition coefficient (Wildman–Crippen LogP) is 16.1. The van der Waals surface area contributed by atoms with Crippen molar-refractivity contribution < 1.29 is 23.8 Å². The molecule has 0 amide bonds. The summed E-state index contributed by atoms with van der Waals surface area (Å²) in [4.78, 5) is 25.3. The number of hydrogen-bond acceptors (Lipinski definition) is 5. The Morgan fingerprint density at radius 2 is 0.776 bits per heavy atom. The van der Waals surface area contributed by atoms with Crippen molar-refractivity contribution in [1.29, 1.82) is 0 Å². The quantitative estimate of drug-likeness (QED) is 0.0349. The molecule has 0 spiro atoms. The van der Waals surface area contributed by atoms with Gasteiger partial charge in [0.05, 0.1) is 6.61 Å². The number of hydrogen-bond donors (Lipinski definition) is 0. The number of allylic oxidation sites excluding steroid dienone is 14. The molecule has 0 fully saturated rings. The van der Waals surface area contributed by atoms with E-state index in [1.165, 1.54) is 77.0 Å². The summed E-state index contributed by atoms with van der Waals surface area (Å²) in [7, 11) is 0. The Bertz CT molecular complexity index is 1090. The highest BCUT2D eigenvalue weighted by Crippen LogP contribution is 2.13. The van der Waals surface area contributed by atoms with Crippen LogP contribution < -0.4 is 0 Å². The normalized spacial score (nSPS) is 12.9. The summed E-state index contributed by atoms with van der Waals surface area (Å²) in [6, 6.07) is 0. The molecule has 5 heteroatoms. The Morgan fingerprint density at radius 3 is 1.24 bits per heavy atom. The fraction of sp³-hybridized carbons (Fsp3) is 0.698. The van der Waals surface area contributed by atoms with Gasteiger partial charge in [-0.1, -0.05) is 196 Å². The zero-order valence-electron chi connectivity index (χ0n) is 38.0. The lowest BCUT2D eigenvalue weighted by atomic mass is 10.1. The molecule has 0 aromatic carbocycles. The molecule has 0 bridgehead atoms. The maximum absolute atomic E-state index is 12.7. The molecule has 0 heterocycles. The van der Waals surface area contributed by atoms with E-state index in [0.717, 1.165) is 103 Å². The van der Waals surface area contributed by atoms with Gasteiger partial charge in [-0.3, -0.25) is 9.59 Å². The average molecular weight is 807 g/mol. The zero-order chi connectivity index (χ0) is 42.1. The van der Waals surface area contributed by atoms with Crippen molar-refractivity contribution in [1.82, 2.24) is 0 Å². The second kappa shape index (κ2) is 48.4. The molecule has 0 aromatic rings. The van der Waals surface area contributed by atoms with E-state index in [0.29, 0.717) is 19.4 Å². The average Bonchev–Trinajstić information content (AvgIpc) is 3.22. The van der Waals surface area contributed by atoms with E-state index >= 15 is 0 Å². The molecule has 0 saturated heterocycles. The van der Waals surface area contributed by atoms with Gasteiger partial charge in [-0.15, -0.1) is 0 Å². The van der Waals surface area contributed by atoms with Gasteiger partial charge in [-0.05, 0) is 89.9 Å². The molecular formula is C53H90O5. The summed E-state index contributed by atoms with van der Waals surface area (Å²) < 4.78 is 17.3. The highest BCUT2D eigenvalue weighted by Gasteiger charge is 2.17. The molecule has 0 saturated carbocycles. The van der Waals surface area contributed by atoms with Crippen LogP contribution in [0.25, 0.3) is 0 Å². The van der Waals surface area contributed by atoms with Crippen LogP contribution in [0.1, 0.15) is 213 Å². The highest BCUT2D eigenvalue weighted by molar-refractivity contribution is 5.70. The number of unbranched alkanes of at least 4 members (excludes halogenated alkanes) is 18. The second-order valence-electron chi connectivity index (χ2n) is 15.6. The Kier molecular flexibility index (Phi) is 46.0. The molecule has 1 unspecified atom stereocenters. The van der Waals surface area contributed by atoms with Crippen LogP contribution in [0.4, 0.5) is 0 Å². The van der Waals surface area contributed by atoms with Crippen LogP contribution in [0.3, 0.4) is 0 Å². The number of esters is 2. The highest BCUT2D eigenvalue weighted by atomic mass is 16.6. The van der Waals surface area contributed by atoms with Gasteiger partial charge in [0, 0.05) is 19.4 Å².